The highest BCUT2D eigenvalue weighted by Crippen LogP contribution is 2.19. The van der Waals surface area contributed by atoms with Gasteiger partial charge in [-0.1, -0.05) is 13.8 Å². The molecule has 0 aliphatic carbocycles. The molecular formula is C13H27NO. The summed E-state index contributed by atoms with van der Waals surface area (Å²) in [6.45, 7) is 10.0. The normalized spacial score (nSPS) is 20.8. The van der Waals surface area contributed by atoms with Crippen LogP contribution in [-0.2, 0) is 4.74 Å². The maximum atomic E-state index is 5.37. The predicted molar refractivity (Wildman–Crippen MR) is 65.1 cm³/mol. The fourth-order valence-electron chi connectivity index (χ4n) is 2.18. The maximum absolute atomic E-state index is 5.37. The second kappa shape index (κ2) is 7.24. The third-order valence-corrected chi connectivity index (χ3v) is 3.24. The van der Waals surface area contributed by atoms with Crippen LogP contribution in [0, 0.1) is 11.8 Å². The van der Waals surface area contributed by atoms with Crippen molar-refractivity contribution in [1.82, 2.24) is 5.32 Å². The van der Waals surface area contributed by atoms with Gasteiger partial charge in [0.2, 0.25) is 0 Å². The zero-order valence-corrected chi connectivity index (χ0v) is 10.6. The number of rotatable bonds is 6. The highest BCUT2D eigenvalue weighted by molar-refractivity contribution is 4.70. The van der Waals surface area contributed by atoms with Gasteiger partial charge in [-0.05, 0) is 51.0 Å². The Morgan fingerprint density at radius 1 is 1.20 bits per heavy atom. The molecule has 0 aromatic rings. The summed E-state index contributed by atoms with van der Waals surface area (Å²) >= 11 is 0. The molecule has 1 saturated heterocycles. The Balaban J connectivity index is 2.03. The zero-order chi connectivity index (χ0) is 11.1. The molecule has 0 radical (unpaired) electrons. The molecule has 1 atom stereocenters. The van der Waals surface area contributed by atoms with Gasteiger partial charge in [-0.15, -0.1) is 0 Å². The second-order valence-corrected chi connectivity index (χ2v) is 5.33. The van der Waals surface area contributed by atoms with Gasteiger partial charge in [-0.25, -0.2) is 0 Å². The lowest BCUT2D eigenvalue weighted by atomic mass is 9.93. The number of ether oxygens (including phenoxy) is 1. The van der Waals surface area contributed by atoms with Gasteiger partial charge in [-0.3, -0.25) is 0 Å². The molecule has 90 valence electrons. The minimum absolute atomic E-state index is 0.673. The lowest BCUT2D eigenvalue weighted by Crippen LogP contribution is -2.31. The molecule has 1 unspecified atom stereocenters. The molecule has 1 heterocycles. The van der Waals surface area contributed by atoms with Crippen molar-refractivity contribution in [3.05, 3.63) is 0 Å². The molecule has 1 rings (SSSR count). The molecule has 0 spiro atoms. The Kier molecular flexibility index (Phi) is 6.26. The molecule has 1 fully saturated rings. The summed E-state index contributed by atoms with van der Waals surface area (Å²) < 4.78 is 5.37. The van der Waals surface area contributed by atoms with E-state index < -0.39 is 0 Å². The molecule has 1 aliphatic heterocycles. The first kappa shape index (κ1) is 13.0. The summed E-state index contributed by atoms with van der Waals surface area (Å²) in [7, 11) is 0. The van der Waals surface area contributed by atoms with Crippen LogP contribution in [0.15, 0.2) is 0 Å². The summed E-state index contributed by atoms with van der Waals surface area (Å²) in [6, 6.07) is 0.673. The second-order valence-electron chi connectivity index (χ2n) is 5.33. The predicted octanol–water partition coefficient (Wildman–Crippen LogP) is 2.83. The third-order valence-electron chi connectivity index (χ3n) is 3.24. The summed E-state index contributed by atoms with van der Waals surface area (Å²) in [5.74, 6) is 1.70. The summed E-state index contributed by atoms with van der Waals surface area (Å²) in [5.41, 5.74) is 0. The van der Waals surface area contributed by atoms with Crippen molar-refractivity contribution in [2.24, 2.45) is 11.8 Å². The first-order valence-electron chi connectivity index (χ1n) is 6.49. The van der Waals surface area contributed by atoms with Crippen LogP contribution in [-0.4, -0.2) is 25.8 Å². The smallest absolute Gasteiger partial charge is 0.0468 e. The molecule has 15 heavy (non-hydrogen) atoms. The van der Waals surface area contributed by atoms with E-state index in [2.05, 4.69) is 26.1 Å². The summed E-state index contributed by atoms with van der Waals surface area (Å²) in [5, 5.41) is 3.62. The first-order chi connectivity index (χ1) is 7.18. The van der Waals surface area contributed by atoms with Crippen molar-refractivity contribution in [3.8, 4) is 0 Å². The number of hydrogen-bond donors (Lipinski definition) is 1. The number of nitrogens with one attached hydrogen (secondary N) is 1. The standard InChI is InChI=1S/C13H27NO/c1-11(2)4-7-14-12(3)10-13-5-8-15-9-6-13/h11-14H,4-10H2,1-3H3. The van der Waals surface area contributed by atoms with Gasteiger partial charge in [-0.2, -0.15) is 0 Å². The molecular weight excluding hydrogens is 186 g/mol. The molecule has 0 aromatic carbocycles. The Morgan fingerprint density at radius 3 is 2.47 bits per heavy atom. The van der Waals surface area contributed by atoms with Crippen molar-refractivity contribution >= 4 is 0 Å². The van der Waals surface area contributed by atoms with Crippen LogP contribution < -0.4 is 5.32 Å². The van der Waals surface area contributed by atoms with Crippen molar-refractivity contribution < 1.29 is 4.74 Å². The van der Waals surface area contributed by atoms with E-state index in [1.807, 2.05) is 0 Å². The van der Waals surface area contributed by atoms with E-state index >= 15 is 0 Å². The summed E-state index contributed by atoms with van der Waals surface area (Å²) in [4.78, 5) is 0. The van der Waals surface area contributed by atoms with Crippen LogP contribution in [0.2, 0.25) is 0 Å². The molecule has 0 amide bonds. The zero-order valence-electron chi connectivity index (χ0n) is 10.6. The molecule has 0 aromatic heterocycles. The van der Waals surface area contributed by atoms with Crippen LogP contribution >= 0.6 is 0 Å². The SMILES string of the molecule is CC(C)CCNC(C)CC1CCOCC1. The van der Waals surface area contributed by atoms with Gasteiger partial charge in [0.15, 0.2) is 0 Å². The van der Waals surface area contributed by atoms with Gasteiger partial charge in [0.05, 0.1) is 0 Å². The van der Waals surface area contributed by atoms with E-state index in [-0.39, 0.29) is 0 Å². The van der Waals surface area contributed by atoms with Gasteiger partial charge < -0.3 is 10.1 Å². The Morgan fingerprint density at radius 2 is 1.87 bits per heavy atom. The van der Waals surface area contributed by atoms with Crippen LogP contribution in [0.5, 0.6) is 0 Å². The largest absolute Gasteiger partial charge is 0.381 e. The van der Waals surface area contributed by atoms with E-state index in [4.69, 9.17) is 4.74 Å². The quantitative estimate of drug-likeness (QED) is 0.732. The minimum atomic E-state index is 0.673. The Labute approximate surface area is 94.8 Å². The highest BCUT2D eigenvalue weighted by Gasteiger charge is 2.16. The average molecular weight is 213 g/mol. The Bertz CT molecular complexity index is 153. The van der Waals surface area contributed by atoms with Crippen molar-refractivity contribution in [2.75, 3.05) is 19.8 Å². The molecule has 1 aliphatic rings. The molecule has 2 nitrogen and oxygen atoms in total. The van der Waals surface area contributed by atoms with E-state index in [1.165, 1.54) is 32.2 Å². The van der Waals surface area contributed by atoms with Crippen LogP contribution in [0.3, 0.4) is 0 Å². The minimum Gasteiger partial charge on any atom is -0.381 e. The molecule has 0 bridgehead atoms. The lowest BCUT2D eigenvalue weighted by molar-refractivity contribution is 0.0611. The average Bonchev–Trinajstić information content (AvgIpc) is 2.18. The van der Waals surface area contributed by atoms with Crippen molar-refractivity contribution in [2.45, 2.75) is 52.5 Å². The van der Waals surface area contributed by atoms with E-state index in [0.717, 1.165) is 25.0 Å². The van der Waals surface area contributed by atoms with Crippen LogP contribution in [0.4, 0.5) is 0 Å². The molecule has 0 saturated carbocycles. The van der Waals surface area contributed by atoms with Crippen molar-refractivity contribution in [1.29, 1.82) is 0 Å². The topological polar surface area (TPSA) is 21.3 Å². The first-order valence-corrected chi connectivity index (χ1v) is 6.49. The van der Waals surface area contributed by atoms with Gasteiger partial charge in [0.25, 0.3) is 0 Å². The monoisotopic (exact) mass is 213 g/mol. The van der Waals surface area contributed by atoms with Crippen molar-refractivity contribution in [3.63, 3.8) is 0 Å². The van der Waals surface area contributed by atoms with E-state index in [0.29, 0.717) is 6.04 Å². The summed E-state index contributed by atoms with van der Waals surface area (Å²) in [6.07, 6.45) is 5.13. The van der Waals surface area contributed by atoms with Gasteiger partial charge in [0, 0.05) is 19.3 Å². The van der Waals surface area contributed by atoms with E-state index in [1.54, 1.807) is 0 Å². The van der Waals surface area contributed by atoms with Gasteiger partial charge >= 0.3 is 0 Å². The Hall–Kier alpha value is -0.0800. The van der Waals surface area contributed by atoms with Crippen LogP contribution in [0.1, 0.15) is 46.5 Å². The van der Waals surface area contributed by atoms with Gasteiger partial charge in [0.1, 0.15) is 0 Å². The maximum Gasteiger partial charge on any atom is 0.0468 e. The third kappa shape index (κ3) is 6.16. The molecule has 1 N–H and O–H groups in total. The lowest BCUT2D eigenvalue weighted by Gasteiger charge is -2.25. The number of hydrogen-bond acceptors (Lipinski definition) is 2. The fourth-order valence-corrected chi connectivity index (χ4v) is 2.18. The van der Waals surface area contributed by atoms with Crippen LogP contribution in [0.25, 0.3) is 0 Å². The highest BCUT2D eigenvalue weighted by atomic mass is 16.5. The fraction of sp³-hybridized carbons (Fsp3) is 1.00. The molecule has 2 heteroatoms. The van der Waals surface area contributed by atoms with E-state index in [9.17, 15) is 0 Å².